The van der Waals surface area contributed by atoms with Crippen molar-refractivity contribution in [2.24, 2.45) is 0 Å². The molecule has 1 aliphatic rings. The van der Waals surface area contributed by atoms with Crippen molar-refractivity contribution in [3.05, 3.63) is 100 Å². The molecule has 1 aliphatic carbocycles. The second-order valence-electron chi connectivity index (χ2n) is 10.8. The summed E-state index contributed by atoms with van der Waals surface area (Å²) in [4.78, 5) is 25.5. The fraction of sp³-hybridized carbons (Fsp3) is 0.355. The third-order valence-corrected chi connectivity index (χ3v) is 8.81. The summed E-state index contributed by atoms with van der Waals surface area (Å²) in [6.07, 6.45) is 3.89. The van der Waals surface area contributed by atoms with E-state index in [2.05, 4.69) is 17.0 Å². The van der Waals surface area contributed by atoms with E-state index in [1.807, 2.05) is 30.3 Å². The first-order valence-corrected chi connectivity index (χ1v) is 15.7. The summed E-state index contributed by atoms with van der Waals surface area (Å²) < 4.78 is 35.6. The molecule has 10 nitrogen and oxygen atoms in total. The van der Waals surface area contributed by atoms with Crippen molar-refractivity contribution < 1.29 is 32.6 Å². The fourth-order valence-corrected chi connectivity index (χ4v) is 6.54. The van der Waals surface area contributed by atoms with E-state index in [4.69, 9.17) is 9.15 Å². The first-order chi connectivity index (χ1) is 20.1. The number of ether oxygens (including phenoxy) is 1. The number of oxazole rings is 1. The number of carboxylic acid groups (broad SMARTS) is 1. The molecule has 0 saturated heterocycles. The van der Waals surface area contributed by atoms with Crippen LogP contribution in [0, 0.1) is 0 Å². The lowest BCUT2D eigenvalue weighted by Crippen LogP contribution is -2.43. The number of aliphatic hydroxyl groups excluding tert-OH is 1. The van der Waals surface area contributed by atoms with Crippen LogP contribution in [-0.4, -0.2) is 65.0 Å². The molecule has 11 heteroatoms. The summed E-state index contributed by atoms with van der Waals surface area (Å²) >= 11 is 0. The van der Waals surface area contributed by atoms with Crippen molar-refractivity contribution in [1.82, 2.24) is 8.87 Å². The Morgan fingerprint density at radius 2 is 1.74 bits per heavy atom. The van der Waals surface area contributed by atoms with Crippen molar-refractivity contribution in [2.75, 3.05) is 19.4 Å². The van der Waals surface area contributed by atoms with Crippen molar-refractivity contribution >= 4 is 27.1 Å². The molecule has 42 heavy (non-hydrogen) atoms. The van der Waals surface area contributed by atoms with Crippen molar-refractivity contribution in [3.8, 4) is 5.75 Å². The van der Waals surface area contributed by atoms with E-state index in [9.17, 15) is 28.2 Å². The van der Waals surface area contributed by atoms with Crippen molar-refractivity contribution in [1.29, 1.82) is 0 Å². The van der Waals surface area contributed by atoms with Gasteiger partial charge in [0.25, 0.3) is 0 Å². The van der Waals surface area contributed by atoms with Crippen molar-refractivity contribution in [3.63, 3.8) is 0 Å². The van der Waals surface area contributed by atoms with Crippen molar-refractivity contribution in [2.45, 2.75) is 50.3 Å². The molecule has 5 rings (SSSR count). The average molecular weight is 595 g/mol. The summed E-state index contributed by atoms with van der Waals surface area (Å²) in [6, 6.07) is 21.9. The number of aliphatic hydroxyl groups is 1. The maximum absolute atomic E-state index is 12.1. The lowest BCUT2D eigenvalue weighted by molar-refractivity contribution is 0.0384. The average Bonchev–Trinajstić information content (AvgIpc) is 3.32. The number of fused-ring (bicyclic) bond motifs is 1. The Hall–Kier alpha value is -3.93. The zero-order valence-electron chi connectivity index (χ0n) is 23.3. The van der Waals surface area contributed by atoms with E-state index >= 15 is 0 Å². The minimum absolute atomic E-state index is 0.0248. The highest BCUT2D eigenvalue weighted by Gasteiger charge is 2.28. The molecule has 0 aliphatic heterocycles. The van der Waals surface area contributed by atoms with Gasteiger partial charge < -0.3 is 19.4 Å². The normalized spacial score (nSPS) is 18.3. The SMILES string of the molecule is CS(=O)(=O)n1c(=O)oc2ccc(OC[C@@H](O)CN(Cc3ccccc3)C3CCC(c4ccc(C(=O)O)cc4)CC3)cc21. The summed E-state index contributed by atoms with van der Waals surface area (Å²) in [7, 11) is -3.87. The topological polar surface area (TPSA) is 139 Å². The van der Waals surface area contributed by atoms with Crippen LogP contribution < -0.4 is 10.5 Å². The predicted octanol–water partition coefficient (Wildman–Crippen LogP) is 4.07. The Morgan fingerprint density at radius 1 is 1.05 bits per heavy atom. The van der Waals surface area contributed by atoms with Crippen LogP contribution >= 0.6 is 0 Å². The Kier molecular flexibility index (Phi) is 8.81. The maximum Gasteiger partial charge on any atom is 0.434 e. The van der Waals surface area contributed by atoms with E-state index in [0.29, 0.717) is 28.7 Å². The number of benzene rings is 3. The molecule has 222 valence electrons. The highest BCUT2D eigenvalue weighted by atomic mass is 32.2. The third-order valence-electron chi connectivity index (χ3n) is 7.80. The number of hydrogen-bond donors (Lipinski definition) is 2. The van der Waals surface area contributed by atoms with Gasteiger partial charge in [0.1, 0.15) is 24.0 Å². The molecular weight excluding hydrogens is 560 g/mol. The monoisotopic (exact) mass is 594 g/mol. The largest absolute Gasteiger partial charge is 0.491 e. The van der Waals surface area contributed by atoms with Crippen LogP contribution in [0.3, 0.4) is 0 Å². The fourth-order valence-electron chi connectivity index (χ4n) is 5.73. The lowest BCUT2D eigenvalue weighted by atomic mass is 9.81. The van der Waals surface area contributed by atoms with Crippen LogP contribution in [-0.2, 0) is 16.6 Å². The molecule has 4 aromatic rings. The van der Waals surface area contributed by atoms with Gasteiger partial charge in [0.15, 0.2) is 5.58 Å². The minimum Gasteiger partial charge on any atom is -0.491 e. The summed E-state index contributed by atoms with van der Waals surface area (Å²) in [5, 5.41) is 20.2. The first kappa shape index (κ1) is 29.6. The van der Waals surface area contributed by atoms with Gasteiger partial charge in [0.05, 0.1) is 11.8 Å². The van der Waals surface area contributed by atoms with Gasteiger partial charge in [-0.2, -0.15) is 3.97 Å². The van der Waals surface area contributed by atoms with Gasteiger partial charge in [0, 0.05) is 25.2 Å². The molecule has 0 bridgehead atoms. The highest BCUT2D eigenvalue weighted by Crippen LogP contribution is 2.35. The smallest absolute Gasteiger partial charge is 0.434 e. The molecule has 0 spiro atoms. The quantitative estimate of drug-likeness (QED) is 0.263. The van der Waals surface area contributed by atoms with Crippen LogP contribution in [0.15, 0.2) is 82.0 Å². The first-order valence-electron chi connectivity index (χ1n) is 13.9. The Morgan fingerprint density at radius 3 is 2.38 bits per heavy atom. The van der Waals surface area contributed by atoms with Gasteiger partial charge in [-0.15, -0.1) is 0 Å². The van der Waals surface area contributed by atoms with Gasteiger partial charge in [-0.1, -0.05) is 42.5 Å². The van der Waals surface area contributed by atoms with Gasteiger partial charge in [0.2, 0.25) is 10.0 Å². The van der Waals surface area contributed by atoms with Crippen LogP contribution in [0.4, 0.5) is 0 Å². The molecule has 1 fully saturated rings. The molecule has 0 radical (unpaired) electrons. The summed E-state index contributed by atoms with van der Waals surface area (Å²) in [5.74, 6) is -1.25. The molecular formula is C31H34N2O8S. The van der Waals surface area contributed by atoms with Crippen LogP contribution in [0.5, 0.6) is 5.75 Å². The molecule has 0 amide bonds. The molecule has 1 saturated carbocycles. The zero-order valence-corrected chi connectivity index (χ0v) is 24.1. The molecule has 1 aromatic heterocycles. The summed E-state index contributed by atoms with van der Waals surface area (Å²) in [5.41, 5.74) is 2.78. The standard InChI is InChI=1S/C31H34N2O8S/c1-42(38,39)33-28-17-27(15-16-29(28)41-31(33)37)40-20-26(34)19-32(18-21-5-3-2-4-6-21)25-13-11-23(12-14-25)22-7-9-24(10-8-22)30(35)36/h2-10,15-17,23,25-26,34H,11-14,18-20H2,1H3,(H,35,36)/t23?,25?,26-/m0/s1. The lowest BCUT2D eigenvalue weighted by Gasteiger charge is -2.38. The van der Waals surface area contributed by atoms with Gasteiger partial charge in [-0.05, 0) is 67.0 Å². The Labute approximate surface area is 243 Å². The molecule has 1 atom stereocenters. The molecule has 2 N–H and O–H groups in total. The second-order valence-corrected chi connectivity index (χ2v) is 12.7. The highest BCUT2D eigenvalue weighted by molar-refractivity contribution is 7.89. The van der Waals surface area contributed by atoms with Crippen LogP contribution in [0.1, 0.15) is 53.1 Å². The minimum atomic E-state index is -3.87. The van der Waals surface area contributed by atoms with Crippen LogP contribution in [0.2, 0.25) is 0 Å². The van der Waals surface area contributed by atoms with Gasteiger partial charge >= 0.3 is 11.7 Å². The number of hydrogen-bond acceptors (Lipinski definition) is 8. The number of carbonyl (C=O) groups is 1. The van der Waals surface area contributed by atoms with E-state index in [1.165, 1.54) is 12.1 Å². The van der Waals surface area contributed by atoms with E-state index in [0.717, 1.165) is 43.1 Å². The number of rotatable bonds is 11. The number of aromatic nitrogens is 1. The predicted molar refractivity (Wildman–Crippen MR) is 157 cm³/mol. The summed E-state index contributed by atoms with van der Waals surface area (Å²) in [6.45, 7) is 1.02. The molecule has 3 aromatic carbocycles. The number of nitrogens with zero attached hydrogens (tertiary/aromatic N) is 2. The maximum atomic E-state index is 12.1. The number of carboxylic acids is 1. The van der Waals surface area contributed by atoms with Gasteiger partial charge in [-0.3, -0.25) is 4.90 Å². The van der Waals surface area contributed by atoms with Gasteiger partial charge in [-0.25, -0.2) is 18.0 Å². The number of aromatic carboxylic acids is 1. The van der Waals surface area contributed by atoms with E-state index in [-0.39, 0.29) is 29.3 Å². The second kappa shape index (κ2) is 12.5. The Bertz CT molecular complexity index is 1690. The van der Waals surface area contributed by atoms with Crippen LogP contribution in [0.25, 0.3) is 11.1 Å². The zero-order chi connectivity index (χ0) is 29.9. The molecule has 0 unspecified atom stereocenters. The Balaban J connectivity index is 1.24. The van der Waals surface area contributed by atoms with E-state index < -0.39 is 27.9 Å². The third kappa shape index (κ3) is 6.92. The van der Waals surface area contributed by atoms with E-state index in [1.54, 1.807) is 18.2 Å². The molecule has 1 heterocycles.